The van der Waals surface area contributed by atoms with Crippen molar-refractivity contribution in [1.82, 2.24) is 5.32 Å². The summed E-state index contributed by atoms with van der Waals surface area (Å²) in [6.07, 6.45) is 63.0. The summed E-state index contributed by atoms with van der Waals surface area (Å²) in [6, 6.07) is -1.04. The van der Waals surface area contributed by atoms with Gasteiger partial charge in [0.1, 0.15) is 24.4 Å². The SMILES string of the molecule is CC/C=C\C/C=C\C/C=C\C/C=C\C/C=C\CCCC(=O)OC1C(OCC(NC(=O)C(O)CCCCCCCCCCCC/C=C\C/C=C\CCCCC)C(O)/C=C/CCCCCCCCCCCCC)OC(CO)C(O)C1O. The van der Waals surface area contributed by atoms with E-state index in [0.717, 1.165) is 83.5 Å². The number of unbranched alkanes of at least 4 members (excludes halogenated alkanes) is 25. The zero-order valence-electron chi connectivity index (χ0n) is 50.2. The van der Waals surface area contributed by atoms with Gasteiger partial charge in [-0.1, -0.05) is 253 Å². The first-order valence-electron chi connectivity index (χ1n) is 32.0. The first-order valence-corrected chi connectivity index (χ1v) is 32.0. The second-order valence-corrected chi connectivity index (χ2v) is 21.8. The molecule has 1 aliphatic rings. The van der Waals surface area contributed by atoms with Crippen molar-refractivity contribution in [1.29, 1.82) is 0 Å². The highest BCUT2D eigenvalue weighted by Crippen LogP contribution is 2.26. The van der Waals surface area contributed by atoms with Crippen molar-refractivity contribution >= 4 is 11.9 Å². The number of aliphatic hydroxyl groups is 5. The fourth-order valence-corrected chi connectivity index (χ4v) is 9.42. The minimum Gasteiger partial charge on any atom is -0.454 e. The highest BCUT2D eigenvalue weighted by Gasteiger charge is 2.47. The third-order valence-corrected chi connectivity index (χ3v) is 14.5. The lowest BCUT2D eigenvalue weighted by atomic mass is 9.99. The molecule has 0 radical (unpaired) electrons. The molecule has 0 saturated carbocycles. The van der Waals surface area contributed by atoms with Gasteiger partial charge in [0.2, 0.25) is 5.91 Å². The van der Waals surface area contributed by atoms with Crippen LogP contribution in [0.15, 0.2) is 97.2 Å². The van der Waals surface area contributed by atoms with Crippen LogP contribution in [0.25, 0.3) is 0 Å². The van der Waals surface area contributed by atoms with E-state index in [1.807, 2.05) is 18.2 Å². The van der Waals surface area contributed by atoms with Crippen LogP contribution in [0.4, 0.5) is 0 Å². The molecule has 1 amide bonds. The number of aliphatic hydroxyl groups excluding tert-OH is 5. The number of nitrogens with one attached hydrogen (secondary N) is 1. The zero-order valence-corrected chi connectivity index (χ0v) is 50.2. The van der Waals surface area contributed by atoms with Crippen molar-refractivity contribution in [3.05, 3.63) is 97.2 Å². The number of ether oxygens (including phenoxy) is 3. The Morgan fingerprint density at radius 1 is 0.506 bits per heavy atom. The molecule has 1 rings (SSSR count). The van der Waals surface area contributed by atoms with E-state index < -0.39 is 67.4 Å². The third kappa shape index (κ3) is 43.0. The fraction of sp³-hybridized carbons (Fsp3) is 0.735. The lowest BCUT2D eigenvalue weighted by Crippen LogP contribution is -2.61. The second-order valence-electron chi connectivity index (χ2n) is 21.8. The molecule has 0 aromatic rings. The molecular formula is C68H117NO10. The Hall–Kier alpha value is -3.42. The first-order chi connectivity index (χ1) is 38.7. The van der Waals surface area contributed by atoms with Crippen LogP contribution in [0.1, 0.15) is 258 Å². The van der Waals surface area contributed by atoms with Gasteiger partial charge in [0.15, 0.2) is 12.4 Å². The summed E-state index contributed by atoms with van der Waals surface area (Å²) in [7, 11) is 0. The quantitative estimate of drug-likeness (QED) is 0.0195. The van der Waals surface area contributed by atoms with Crippen LogP contribution < -0.4 is 5.32 Å². The lowest BCUT2D eigenvalue weighted by Gasteiger charge is -2.41. The lowest BCUT2D eigenvalue weighted by molar-refractivity contribution is -0.305. The minimum atomic E-state index is -1.64. The molecular weight excluding hydrogens is 991 g/mol. The Morgan fingerprint density at radius 3 is 1.39 bits per heavy atom. The minimum absolute atomic E-state index is 0.0412. The summed E-state index contributed by atoms with van der Waals surface area (Å²) in [5, 5.41) is 57.0. The van der Waals surface area contributed by atoms with Gasteiger partial charge < -0.3 is 45.1 Å². The second kappa shape index (κ2) is 55.1. The van der Waals surface area contributed by atoms with Gasteiger partial charge in [0, 0.05) is 6.42 Å². The van der Waals surface area contributed by atoms with E-state index in [1.54, 1.807) is 6.08 Å². The van der Waals surface area contributed by atoms with E-state index >= 15 is 0 Å². The van der Waals surface area contributed by atoms with Crippen molar-refractivity contribution in [3.8, 4) is 0 Å². The molecule has 0 spiro atoms. The van der Waals surface area contributed by atoms with Gasteiger partial charge in [0.25, 0.3) is 0 Å². The van der Waals surface area contributed by atoms with Crippen LogP contribution in [0, 0.1) is 0 Å². The maximum atomic E-state index is 13.4. The van der Waals surface area contributed by atoms with Gasteiger partial charge in [0.05, 0.1) is 25.4 Å². The van der Waals surface area contributed by atoms with Gasteiger partial charge in [-0.3, -0.25) is 9.59 Å². The van der Waals surface area contributed by atoms with Gasteiger partial charge in [-0.25, -0.2) is 0 Å². The van der Waals surface area contributed by atoms with E-state index in [4.69, 9.17) is 14.2 Å². The van der Waals surface area contributed by atoms with Crippen molar-refractivity contribution in [2.24, 2.45) is 0 Å². The molecule has 1 fully saturated rings. The summed E-state index contributed by atoms with van der Waals surface area (Å²) in [5.74, 6) is -1.26. The van der Waals surface area contributed by atoms with Crippen LogP contribution in [0.5, 0.6) is 0 Å². The Kier molecular flexibility index (Phi) is 51.4. The molecule has 1 aliphatic heterocycles. The number of carbonyl (C=O) groups is 2. The van der Waals surface area contributed by atoms with Crippen molar-refractivity contribution in [2.45, 2.75) is 307 Å². The van der Waals surface area contributed by atoms with Crippen LogP contribution in [0.2, 0.25) is 0 Å². The standard InChI is InChI=1S/C68H117NO10/c1-4-7-10-13-16-19-22-25-27-29-30-31-33-34-37-40-43-46-49-52-55-61(72)67(76)69-59(60(71)54-51-48-45-42-39-36-24-21-18-15-12-9-6-3)58-77-68-66(65(75)64(74)62(57-70)78-68)79-63(73)56-53-50-47-44-41-38-35-32-28-26-23-20-17-14-11-8-5-2/h8,11,16-17,19-20,25-28,35,38,44,47,51,54,59-62,64-66,68,70-72,74-75H,4-7,9-10,12-15,18,21-24,29-34,36-37,39-43,45-46,48-50,52-53,55-58H2,1-3H3,(H,69,76)/b11-8-,19-16-,20-17-,27-25-,28-26-,38-35-,47-44-,54-51+. The number of allylic oxidation sites excluding steroid dienone is 15. The van der Waals surface area contributed by atoms with Gasteiger partial charge in [-0.2, -0.15) is 0 Å². The number of amides is 1. The molecule has 0 bridgehead atoms. The maximum Gasteiger partial charge on any atom is 0.306 e. The van der Waals surface area contributed by atoms with Crippen LogP contribution in [-0.4, -0.2) is 99.6 Å². The van der Waals surface area contributed by atoms with E-state index in [2.05, 4.69) is 99.0 Å². The molecule has 6 N–H and O–H groups in total. The van der Waals surface area contributed by atoms with Crippen LogP contribution >= 0.6 is 0 Å². The highest BCUT2D eigenvalue weighted by molar-refractivity contribution is 5.80. The maximum absolute atomic E-state index is 13.4. The molecule has 0 aromatic carbocycles. The number of esters is 1. The highest BCUT2D eigenvalue weighted by atomic mass is 16.7. The Morgan fingerprint density at radius 2 is 0.911 bits per heavy atom. The van der Waals surface area contributed by atoms with Crippen LogP contribution in [-0.2, 0) is 23.8 Å². The summed E-state index contributed by atoms with van der Waals surface area (Å²) in [5.41, 5.74) is 0. The molecule has 0 aromatic heterocycles. The monoisotopic (exact) mass is 1110 g/mol. The van der Waals surface area contributed by atoms with E-state index in [1.165, 1.54) is 122 Å². The summed E-state index contributed by atoms with van der Waals surface area (Å²) in [4.78, 5) is 26.6. The average molecular weight is 1110 g/mol. The van der Waals surface area contributed by atoms with Crippen LogP contribution in [0.3, 0.4) is 0 Å². The Labute approximate surface area is 482 Å². The number of carbonyl (C=O) groups excluding carboxylic acids is 2. The predicted octanol–water partition coefficient (Wildman–Crippen LogP) is 15.5. The molecule has 8 unspecified atom stereocenters. The smallest absolute Gasteiger partial charge is 0.306 e. The molecule has 79 heavy (non-hydrogen) atoms. The van der Waals surface area contributed by atoms with Crippen molar-refractivity contribution in [2.75, 3.05) is 13.2 Å². The number of hydrogen-bond acceptors (Lipinski definition) is 10. The summed E-state index contributed by atoms with van der Waals surface area (Å²) in [6.45, 7) is 5.63. The molecule has 11 heteroatoms. The molecule has 0 aliphatic carbocycles. The zero-order chi connectivity index (χ0) is 57.5. The molecule has 11 nitrogen and oxygen atoms in total. The average Bonchev–Trinajstić information content (AvgIpc) is 3.49. The van der Waals surface area contributed by atoms with E-state index in [9.17, 15) is 35.1 Å². The number of rotatable bonds is 53. The van der Waals surface area contributed by atoms with E-state index in [-0.39, 0.29) is 19.4 Å². The third-order valence-electron chi connectivity index (χ3n) is 14.5. The normalized spacial score (nSPS) is 19.5. The molecule has 454 valence electrons. The Balaban J connectivity index is 2.71. The van der Waals surface area contributed by atoms with Gasteiger partial charge in [-0.05, 0) is 96.3 Å². The molecule has 1 heterocycles. The number of hydrogen-bond donors (Lipinski definition) is 6. The van der Waals surface area contributed by atoms with Gasteiger partial charge in [-0.15, -0.1) is 0 Å². The fourth-order valence-electron chi connectivity index (χ4n) is 9.42. The summed E-state index contributed by atoms with van der Waals surface area (Å²) >= 11 is 0. The Bertz CT molecular complexity index is 1650. The first kappa shape index (κ1) is 73.6. The van der Waals surface area contributed by atoms with Crippen molar-refractivity contribution in [3.63, 3.8) is 0 Å². The largest absolute Gasteiger partial charge is 0.454 e. The van der Waals surface area contributed by atoms with Gasteiger partial charge >= 0.3 is 5.97 Å². The topological polar surface area (TPSA) is 175 Å². The molecule has 8 atom stereocenters. The molecule has 1 saturated heterocycles. The van der Waals surface area contributed by atoms with E-state index in [0.29, 0.717) is 19.3 Å². The van der Waals surface area contributed by atoms with Crippen molar-refractivity contribution < 1.29 is 49.3 Å². The summed E-state index contributed by atoms with van der Waals surface area (Å²) < 4.78 is 17.6. The predicted molar refractivity (Wildman–Crippen MR) is 329 cm³/mol.